The van der Waals surface area contributed by atoms with Crippen LogP contribution in [0.5, 0.6) is 0 Å². The maximum absolute atomic E-state index is 12.0. The number of hydrogen-bond donors (Lipinski definition) is 2. The number of aryl methyl sites for hydroxylation is 1. The summed E-state index contributed by atoms with van der Waals surface area (Å²) < 4.78 is 6.58. The first kappa shape index (κ1) is 12.9. The number of ether oxygens (including phenoxy) is 1. The molecule has 1 aromatic heterocycles. The first-order valence-corrected chi connectivity index (χ1v) is 6.13. The summed E-state index contributed by atoms with van der Waals surface area (Å²) in [5.74, 6) is 0.249. The standard InChI is InChI=1S/C12H20N4O2/c1-16-10(13)9(7-15-16)11(17)14-8-12(3-4-12)5-6-18-2/h7H,3-6,8,13H2,1-2H3,(H,14,17). The number of nitrogens with one attached hydrogen (secondary N) is 1. The van der Waals surface area contributed by atoms with Gasteiger partial charge in [-0.05, 0) is 24.7 Å². The fourth-order valence-corrected chi connectivity index (χ4v) is 2.00. The van der Waals surface area contributed by atoms with Crippen molar-refractivity contribution < 1.29 is 9.53 Å². The predicted octanol–water partition coefficient (Wildman–Crippen LogP) is 0.549. The average molecular weight is 252 g/mol. The molecule has 1 amide bonds. The van der Waals surface area contributed by atoms with Gasteiger partial charge in [-0.3, -0.25) is 9.48 Å². The molecule has 1 aliphatic carbocycles. The van der Waals surface area contributed by atoms with E-state index in [-0.39, 0.29) is 11.3 Å². The molecule has 0 radical (unpaired) electrons. The molecule has 18 heavy (non-hydrogen) atoms. The minimum atomic E-state index is -0.149. The molecule has 1 fully saturated rings. The first-order chi connectivity index (χ1) is 8.58. The van der Waals surface area contributed by atoms with E-state index >= 15 is 0 Å². The Morgan fingerprint density at radius 1 is 1.67 bits per heavy atom. The Morgan fingerprint density at radius 3 is 2.89 bits per heavy atom. The van der Waals surface area contributed by atoms with Crippen molar-refractivity contribution in [3.05, 3.63) is 11.8 Å². The molecule has 0 aromatic carbocycles. The van der Waals surface area contributed by atoms with Crippen LogP contribution in [0.25, 0.3) is 0 Å². The van der Waals surface area contributed by atoms with Gasteiger partial charge < -0.3 is 15.8 Å². The maximum Gasteiger partial charge on any atom is 0.256 e. The average Bonchev–Trinajstić information content (AvgIpc) is 3.06. The van der Waals surface area contributed by atoms with Gasteiger partial charge in [-0.2, -0.15) is 5.10 Å². The van der Waals surface area contributed by atoms with Gasteiger partial charge >= 0.3 is 0 Å². The molecule has 6 nitrogen and oxygen atoms in total. The fraction of sp³-hybridized carbons (Fsp3) is 0.667. The second-order valence-corrected chi connectivity index (χ2v) is 4.99. The summed E-state index contributed by atoms with van der Waals surface area (Å²) in [4.78, 5) is 12.0. The largest absolute Gasteiger partial charge is 0.385 e. The Labute approximate surface area is 106 Å². The van der Waals surface area contributed by atoms with Crippen molar-refractivity contribution in [2.24, 2.45) is 12.5 Å². The molecular weight excluding hydrogens is 232 g/mol. The third kappa shape index (κ3) is 2.64. The number of nitrogens with zero attached hydrogens (tertiary/aromatic N) is 2. The second-order valence-electron chi connectivity index (χ2n) is 4.99. The summed E-state index contributed by atoms with van der Waals surface area (Å²) in [5, 5.41) is 6.89. The number of anilines is 1. The molecule has 2 rings (SSSR count). The molecule has 0 saturated heterocycles. The van der Waals surface area contributed by atoms with E-state index < -0.39 is 0 Å². The van der Waals surface area contributed by atoms with Gasteiger partial charge in [-0.1, -0.05) is 0 Å². The number of carbonyl (C=O) groups excluding carboxylic acids is 1. The van der Waals surface area contributed by atoms with Crippen molar-refractivity contribution in [3.63, 3.8) is 0 Å². The van der Waals surface area contributed by atoms with Crippen LogP contribution >= 0.6 is 0 Å². The van der Waals surface area contributed by atoms with Crippen LogP contribution < -0.4 is 11.1 Å². The van der Waals surface area contributed by atoms with E-state index in [0.29, 0.717) is 17.9 Å². The van der Waals surface area contributed by atoms with Gasteiger partial charge in [0.1, 0.15) is 11.4 Å². The predicted molar refractivity (Wildman–Crippen MR) is 68.1 cm³/mol. The summed E-state index contributed by atoms with van der Waals surface area (Å²) in [7, 11) is 3.41. The molecule has 1 saturated carbocycles. The molecule has 0 atom stereocenters. The summed E-state index contributed by atoms with van der Waals surface area (Å²) >= 11 is 0. The lowest BCUT2D eigenvalue weighted by Gasteiger charge is -2.15. The molecule has 1 aromatic rings. The highest BCUT2D eigenvalue weighted by atomic mass is 16.5. The number of hydrogen-bond acceptors (Lipinski definition) is 4. The second kappa shape index (κ2) is 4.97. The zero-order valence-corrected chi connectivity index (χ0v) is 10.9. The highest BCUT2D eigenvalue weighted by Gasteiger charge is 2.42. The third-order valence-electron chi connectivity index (χ3n) is 3.65. The van der Waals surface area contributed by atoms with Crippen molar-refractivity contribution in [1.82, 2.24) is 15.1 Å². The van der Waals surface area contributed by atoms with E-state index in [1.807, 2.05) is 0 Å². The van der Waals surface area contributed by atoms with Crippen molar-refractivity contribution in [3.8, 4) is 0 Å². The third-order valence-corrected chi connectivity index (χ3v) is 3.65. The van der Waals surface area contributed by atoms with E-state index in [4.69, 9.17) is 10.5 Å². The van der Waals surface area contributed by atoms with Crippen molar-refractivity contribution in [2.75, 3.05) is 26.0 Å². The van der Waals surface area contributed by atoms with Crippen LogP contribution in [0.15, 0.2) is 6.20 Å². The lowest BCUT2D eigenvalue weighted by atomic mass is 10.0. The van der Waals surface area contributed by atoms with Crippen LogP contribution in [0.1, 0.15) is 29.6 Å². The highest BCUT2D eigenvalue weighted by Crippen LogP contribution is 2.48. The van der Waals surface area contributed by atoms with Crippen molar-refractivity contribution in [2.45, 2.75) is 19.3 Å². The lowest BCUT2D eigenvalue weighted by molar-refractivity contribution is 0.0939. The minimum Gasteiger partial charge on any atom is -0.385 e. The van der Waals surface area contributed by atoms with Gasteiger partial charge in [0.15, 0.2) is 0 Å². The molecule has 6 heteroatoms. The van der Waals surface area contributed by atoms with Crippen molar-refractivity contribution in [1.29, 1.82) is 0 Å². The van der Waals surface area contributed by atoms with E-state index in [1.54, 1.807) is 14.2 Å². The molecule has 3 N–H and O–H groups in total. The normalized spacial score (nSPS) is 16.6. The molecule has 0 bridgehead atoms. The smallest absolute Gasteiger partial charge is 0.256 e. The van der Waals surface area contributed by atoms with Crippen LogP contribution in [-0.4, -0.2) is 35.9 Å². The molecule has 0 unspecified atom stereocenters. The van der Waals surface area contributed by atoms with Gasteiger partial charge in [0.25, 0.3) is 5.91 Å². The molecule has 0 aliphatic heterocycles. The van der Waals surface area contributed by atoms with E-state index in [9.17, 15) is 4.79 Å². The van der Waals surface area contributed by atoms with Gasteiger partial charge in [0.05, 0.1) is 6.20 Å². The lowest BCUT2D eigenvalue weighted by Crippen LogP contribution is -2.31. The number of aromatic nitrogens is 2. The maximum atomic E-state index is 12.0. The van der Waals surface area contributed by atoms with E-state index in [0.717, 1.165) is 25.9 Å². The van der Waals surface area contributed by atoms with Crippen LogP contribution in [-0.2, 0) is 11.8 Å². The Balaban J connectivity index is 1.87. The Bertz CT molecular complexity index is 437. The SMILES string of the molecule is COCCC1(CNC(=O)c2cnn(C)c2N)CC1. The van der Waals surface area contributed by atoms with Gasteiger partial charge in [-0.25, -0.2) is 0 Å². The number of amides is 1. The Kier molecular flexibility index (Phi) is 3.56. The number of rotatable bonds is 6. The molecule has 1 heterocycles. The zero-order valence-electron chi connectivity index (χ0n) is 10.9. The van der Waals surface area contributed by atoms with Gasteiger partial charge in [0.2, 0.25) is 0 Å². The number of nitrogen functional groups attached to an aromatic ring is 1. The van der Waals surface area contributed by atoms with E-state index in [2.05, 4.69) is 10.4 Å². The number of nitrogens with two attached hydrogens (primary N) is 1. The van der Waals surface area contributed by atoms with Crippen LogP contribution in [0.4, 0.5) is 5.82 Å². The first-order valence-electron chi connectivity index (χ1n) is 6.13. The van der Waals surface area contributed by atoms with Crippen LogP contribution in [0, 0.1) is 5.41 Å². The summed E-state index contributed by atoms with van der Waals surface area (Å²) in [6.07, 6.45) is 4.80. The zero-order chi connectivity index (χ0) is 13.2. The summed E-state index contributed by atoms with van der Waals surface area (Å²) in [5.41, 5.74) is 6.44. The highest BCUT2D eigenvalue weighted by molar-refractivity contribution is 5.98. The summed E-state index contributed by atoms with van der Waals surface area (Å²) in [6, 6.07) is 0. The molecule has 1 aliphatic rings. The number of carbonyl (C=O) groups is 1. The molecule has 0 spiro atoms. The molecule has 100 valence electrons. The van der Waals surface area contributed by atoms with Crippen LogP contribution in [0.3, 0.4) is 0 Å². The monoisotopic (exact) mass is 252 g/mol. The minimum absolute atomic E-state index is 0.149. The van der Waals surface area contributed by atoms with E-state index in [1.165, 1.54) is 10.9 Å². The number of methoxy groups -OCH3 is 1. The van der Waals surface area contributed by atoms with Crippen molar-refractivity contribution >= 4 is 11.7 Å². The summed E-state index contributed by atoms with van der Waals surface area (Å²) in [6.45, 7) is 1.43. The van der Waals surface area contributed by atoms with Gasteiger partial charge in [-0.15, -0.1) is 0 Å². The Morgan fingerprint density at radius 2 is 2.39 bits per heavy atom. The topological polar surface area (TPSA) is 82.2 Å². The fourth-order valence-electron chi connectivity index (χ4n) is 2.00. The Hall–Kier alpha value is -1.56. The van der Waals surface area contributed by atoms with Gasteiger partial charge in [0, 0.05) is 27.3 Å². The van der Waals surface area contributed by atoms with Crippen LogP contribution in [0.2, 0.25) is 0 Å². The molecular formula is C12H20N4O2. The quantitative estimate of drug-likeness (QED) is 0.774.